The summed E-state index contributed by atoms with van der Waals surface area (Å²) in [5.74, 6) is -0.837. The van der Waals surface area contributed by atoms with Gasteiger partial charge in [-0.25, -0.2) is 4.98 Å². The van der Waals surface area contributed by atoms with E-state index in [1.807, 2.05) is 120 Å². The van der Waals surface area contributed by atoms with Crippen molar-refractivity contribution in [3.63, 3.8) is 0 Å². The SMILES string of the molecule is CC(C)(C)N(CC(=O)N[C@@H](Cc1ccccc1)[C@H](O)CN(C(=O)C1C[C@H](Sc2ccccc2)CCN1)C(C)(C)C)C(=O)c1ccc2ccccc2n1. The Hall–Kier alpha value is -4.25. The molecule has 4 aromatic rings. The fourth-order valence-corrected chi connectivity index (χ4v) is 7.77. The Morgan fingerprint density at radius 3 is 2.17 bits per heavy atom. The molecule has 3 aromatic carbocycles. The number of fused-ring (bicyclic) bond motifs is 1. The Balaban J connectivity index is 1.32. The summed E-state index contributed by atoms with van der Waals surface area (Å²) in [6.45, 7) is 12.1. The smallest absolute Gasteiger partial charge is 0.273 e. The van der Waals surface area contributed by atoms with Crippen LogP contribution in [0, 0.1) is 0 Å². The van der Waals surface area contributed by atoms with Gasteiger partial charge in [-0.1, -0.05) is 72.8 Å². The largest absolute Gasteiger partial charge is 0.389 e. The number of amides is 3. The average molecular weight is 724 g/mol. The number of hydrogen-bond donors (Lipinski definition) is 3. The second-order valence-corrected chi connectivity index (χ2v) is 17.0. The fraction of sp³-hybridized carbons (Fsp3) is 0.429. The van der Waals surface area contributed by atoms with E-state index in [0.717, 1.165) is 23.9 Å². The van der Waals surface area contributed by atoms with Gasteiger partial charge in [0.15, 0.2) is 0 Å². The molecule has 0 saturated carbocycles. The highest BCUT2D eigenvalue weighted by Gasteiger charge is 2.38. The molecule has 0 radical (unpaired) electrons. The van der Waals surface area contributed by atoms with Crippen molar-refractivity contribution >= 4 is 40.4 Å². The Morgan fingerprint density at radius 1 is 0.865 bits per heavy atom. The van der Waals surface area contributed by atoms with Gasteiger partial charge in [-0.3, -0.25) is 14.4 Å². The average Bonchev–Trinajstić information content (AvgIpc) is 3.11. The van der Waals surface area contributed by atoms with Gasteiger partial charge in [0.2, 0.25) is 11.8 Å². The Kier molecular flexibility index (Phi) is 12.8. The van der Waals surface area contributed by atoms with Crippen molar-refractivity contribution in [2.24, 2.45) is 0 Å². The third-order valence-electron chi connectivity index (χ3n) is 9.43. The van der Waals surface area contributed by atoms with Crippen molar-refractivity contribution in [1.29, 1.82) is 0 Å². The van der Waals surface area contributed by atoms with Crippen molar-refractivity contribution < 1.29 is 19.5 Å². The van der Waals surface area contributed by atoms with Crippen LogP contribution in [0.2, 0.25) is 0 Å². The van der Waals surface area contributed by atoms with Gasteiger partial charge >= 0.3 is 0 Å². The highest BCUT2D eigenvalue weighted by molar-refractivity contribution is 8.00. The highest BCUT2D eigenvalue weighted by atomic mass is 32.2. The molecule has 3 N–H and O–H groups in total. The second-order valence-electron chi connectivity index (χ2n) is 15.6. The molecule has 1 fully saturated rings. The lowest BCUT2D eigenvalue weighted by Crippen LogP contribution is -2.60. The van der Waals surface area contributed by atoms with Gasteiger partial charge in [-0.05, 0) is 97.2 Å². The van der Waals surface area contributed by atoms with Crippen LogP contribution in [0.4, 0.5) is 0 Å². The number of nitrogens with one attached hydrogen (secondary N) is 2. The summed E-state index contributed by atoms with van der Waals surface area (Å²) >= 11 is 1.80. The molecule has 1 unspecified atom stereocenters. The maximum absolute atomic E-state index is 14.2. The van der Waals surface area contributed by atoms with Gasteiger partial charge in [-0.2, -0.15) is 0 Å². The van der Waals surface area contributed by atoms with Gasteiger partial charge in [0.1, 0.15) is 12.2 Å². The van der Waals surface area contributed by atoms with E-state index in [1.54, 1.807) is 22.7 Å². The second kappa shape index (κ2) is 17.1. The molecular formula is C42H53N5O4S. The van der Waals surface area contributed by atoms with E-state index < -0.39 is 35.2 Å². The predicted molar refractivity (Wildman–Crippen MR) is 209 cm³/mol. The number of aromatic nitrogens is 1. The molecule has 1 aromatic heterocycles. The van der Waals surface area contributed by atoms with Crippen LogP contribution in [0.3, 0.4) is 0 Å². The predicted octanol–water partition coefficient (Wildman–Crippen LogP) is 6.10. The van der Waals surface area contributed by atoms with Gasteiger partial charge in [-0.15, -0.1) is 11.8 Å². The molecule has 52 heavy (non-hydrogen) atoms. The topological polar surface area (TPSA) is 115 Å². The van der Waals surface area contributed by atoms with Crippen molar-refractivity contribution in [3.05, 3.63) is 108 Å². The van der Waals surface area contributed by atoms with E-state index in [2.05, 4.69) is 27.8 Å². The van der Waals surface area contributed by atoms with Crippen LogP contribution >= 0.6 is 11.8 Å². The number of piperidine rings is 1. The zero-order chi connectivity index (χ0) is 37.5. The molecule has 276 valence electrons. The van der Waals surface area contributed by atoms with Gasteiger partial charge in [0.05, 0.1) is 23.7 Å². The molecule has 1 aliphatic rings. The molecule has 3 amide bonds. The molecule has 0 spiro atoms. The fourth-order valence-electron chi connectivity index (χ4n) is 6.55. The molecule has 1 aliphatic heterocycles. The Bertz CT molecular complexity index is 1810. The van der Waals surface area contributed by atoms with Crippen LogP contribution < -0.4 is 10.6 Å². The molecule has 0 aliphatic carbocycles. The van der Waals surface area contributed by atoms with E-state index in [-0.39, 0.29) is 35.8 Å². The number of β-amino-alcohol motifs (C(OH)–C–C–N with tert-alkyl or cyclic N) is 1. The third kappa shape index (κ3) is 10.4. The number of pyridine rings is 1. The van der Waals surface area contributed by atoms with Crippen molar-refractivity contribution in [1.82, 2.24) is 25.4 Å². The number of carbonyl (C=O) groups is 3. The molecule has 1 saturated heterocycles. The monoisotopic (exact) mass is 723 g/mol. The van der Waals surface area contributed by atoms with Crippen LogP contribution in [-0.2, 0) is 16.0 Å². The van der Waals surface area contributed by atoms with Crippen LogP contribution in [0.15, 0.2) is 102 Å². The third-order valence-corrected chi connectivity index (χ3v) is 10.7. The maximum atomic E-state index is 14.2. The molecule has 4 atom stereocenters. The van der Waals surface area contributed by atoms with Crippen molar-refractivity contribution in [2.75, 3.05) is 19.6 Å². The number of thioether (sulfide) groups is 1. The van der Waals surface area contributed by atoms with Crippen LogP contribution in [0.1, 0.15) is 70.4 Å². The lowest BCUT2D eigenvalue weighted by Gasteiger charge is -2.42. The quantitative estimate of drug-likeness (QED) is 0.162. The van der Waals surface area contributed by atoms with Crippen molar-refractivity contribution in [2.45, 2.75) is 100 Å². The summed E-state index contributed by atoms with van der Waals surface area (Å²) in [7, 11) is 0. The van der Waals surface area contributed by atoms with Gasteiger partial charge in [0.25, 0.3) is 5.91 Å². The minimum atomic E-state index is -1.09. The summed E-state index contributed by atoms with van der Waals surface area (Å²) < 4.78 is 0. The lowest BCUT2D eigenvalue weighted by atomic mass is 9.96. The van der Waals surface area contributed by atoms with E-state index in [4.69, 9.17) is 0 Å². The first kappa shape index (κ1) is 39.0. The van der Waals surface area contributed by atoms with Crippen LogP contribution in [0.5, 0.6) is 0 Å². The first-order valence-electron chi connectivity index (χ1n) is 18.1. The summed E-state index contributed by atoms with van der Waals surface area (Å²) in [5, 5.41) is 19.6. The number of benzene rings is 3. The molecule has 0 bridgehead atoms. The lowest BCUT2D eigenvalue weighted by molar-refractivity contribution is -0.141. The first-order valence-corrected chi connectivity index (χ1v) is 19.0. The van der Waals surface area contributed by atoms with E-state index in [1.165, 1.54) is 9.80 Å². The van der Waals surface area contributed by atoms with E-state index >= 15 is 0 Å². The normalized spacial score (nSPS) is 17.6. The van der Waals surface area contributed by atoms with Crippen molar-refractivity contribution in [3.8, 4) is 0 Å². The van der Waals surface area contributed by atoms with E-state index in [0.29, 0.717) is 18.4 Å². The summed E-state index contributed by atoms with van der Waals surface area (Å²) in [6, 6.07) is 29.9. The number of para-hydroxylation sites is 1. The van der Waals surface area contributed by atoms with Crippen LogP contribution in [0.25, 0.3) is 10.9 Å². The molecule has 9 nitrogen and oxygen atoms in total. The minimum absolute atomic E-state index is 0.0255. The number of aliphatic hydroxyl groups excluding tert-OH is 1. The summed E-state index contributed by atoms with van der Waals surface area (Å²) in [5.41, 5.74) is 0.586. The first-order chi connectivity index (χ1) is 24.7. The summed E-state index contributed by atoms with van der Waals surface area (Å²) in [6.07, 6.45) is 0.880. The Labute approximate surface area is 312 Å². The number of rotatable bonds is 12. The number of aliphatic hydroxyl groups is 1. The number of carbonyl (C=O) groups excluding carboxylic acids is 3. The highest BCUT2D eigenvalue weighted by Crippen LogP contribution is 2.31. The summed E-state index contributed by atoms with van der Waals surface area (Å²) in [4.78, 5) is 51.0. The molecule has 5 rings (SSSR count). The van der Waals surface area contributed by atoms with Gasteiger partial charge in [0, 0.05) is 33.2 Å². The number of nitrogens with zero attached hydrogens (tertiary/aromatic N) is 3. The van der Waals surface area contributed by atoms with Gasteiger partial charge < -0.3 is 25.5 Å². The standard InChI is InChI=1S/C42H53N5O4S/c1-41(2,3)46(40(51)36-26-32(23-24-43-36)52-31-18-11-8-12-19-31)27-37(48)35(25-29-15-9-7-10-16-29)45-38(49)28-47(42(4,5)6)39(50)34-22-21-30-17-13-14-20-33(30)44-34/h7-22,32,35-37,43,48H,23-28H2,1-6H3,(H,45,49)/t32-,35+,36?,37-/m1/s1. The molecular weight excluding hydrogens is 671 g/mol. The molecule has 10 heteroatoms. The zero-order valence-corrected chi connectivity index (χ0v) is 32.0. The maximum Gasteiger partial charge on any atom is 0.273 e. The zero-order valence-electron chi connectivity index (χ0n) is 31.2. The minimum Gasteiger partial charge on any atom is -0.389 e. The number of hydrogen-bond acceptors (Lipinski definition) is 7. The Morgan fingerprint density at radius 2 is 1.50 bits per heavy atom. The molecule has 2 heterocycles. The van der Waals surface area contributed by atoms with E-state index in [9.17, 15) is 19.5 Å². The van der Waals surface area contributed by atoms with Crippen LogP contribution in [-0.4, -0.2) is 91.8 Å².